The molecule has 0 aromatic rings. The van der Waals surface area contributed by atoms with E-state index in [1.807, 2.05) is 0 Å². The highest BCUT2D eigenvalue weighted by Gasteiger charge is 2.26. The van der Waals surface area contributed by atoms with Gasteiger partial charge in [-0.3, -0.25) is 9.59 Å². The van der Waals surface area contributed by atoms with Crippen LogP contribution in [0.3, 0.4) is 0 Å². The molecule has 18 heavy (non-hydrogen) atoms. The zero-order valence-electron chi connectivity index (χ0n) is 11.3. The average Bonchev–Trinajstić information content (AvgIpc) is 2.30. The minimum absolute atomic E-state index is 0.143. The highest BCUT2D eigenvalue weighted by atomic mass is 16.5. The van der Waals surface area contributed by atoms with E-state index in [0.717, 1.165) is 12.8 Å². The van der Waals surface area contributed by atoms with Crippen molar-refractivity contribution in [3.8, 4) is 0 Å². The van der Waals surface area contributed by atoms with Gasteiger partial charge in [0, 0.05) is 13.0 Å². The van der Waals surface area contributed by atoms with Crippen LogP contribution < -0.4 is 11.1 Å². The van der Waals surface area contributed by atoms with Crippen molar-refractivity contribution in [2.75, 3.05) is 13.1 Å². The molecule has 1 amide bonds. The van der Waals surface area contributed by atoms with Gasteiger partial charge in [0.15, 0.2) is 6.10 Å². The first-order chi connectivity index (χ1) is 8.52. The number of piperidine rings is 1. The second kappa shape index (κ2) is 7.36. The maximum absolute atomic E-state index is 11.7. The molecule has 0 aliphatic carbocycles. The third-order valence-corrected chi connectivity index (χ3v) is 3.10. The number of ether oxygens (including phenoxy) is 1. The molecular weight excluding hydrogens is 232 g/mol. The van der Waals surface area contributed by atoms with Crippen LogP contribution in [-0.4, -0.2) is 31.1 Å². The van der Waals surface area contributed by atoms with Crippen molar-refractivity contribution in [3.63, 3.8) is 0 Å². The van der Waals surface area contributed by atoms with Crippen LogP contribution in [0.1, 0.15) is 39.5 Å². The lowest BCUT2D eigenvalue weighted by molar-refractivity contribution is -0.158. The van der Waals surface area contributed by atoms with Crippen LogP contribution >= 0.6 is 0 Å². The number of amides is 1. The fraction of sp³-hybridized carbons (Fsp3) is 0.846. The molecule has 5 heteroatoms. The van der Waals surface area contributed by atoms with Gasteiger partial charge in [-0.1, -0.05) is 13.8 Å². The summed E-state index contributed by atoms with van der Waals surface area (Å²) in [6.07, 6.45) is 2.08. The molecule has 1 rings (SSSR count). The van der Waals surface area contributed by atoms with Gasteiger partial charge in [0.05, 0.1) is 0 Å². The van der Waals surface area contributed by atoms with Crippen molar-refractivity contribution in [2.45, 2.75) is 45.6 Å². The van der Waals surface area contributed by atoms with Gasteiger partial charge in [-0.2, -0.15) is 0 Å². The van der Waals surface area contributed by atoms with E-state index in [-0.39, 0.29) is 17.8 Å². The summed E-state index contributed by atoms with van der Waals surface area (Å²) in [5.74, 6) is 0.157. The SMILES string of the molecule is CC(C)C[C@H](CN)CC(=O)O[C@H]1CCCNC1=O. The Labute approximate surface area is 108 Å². The number of carbonyl (C=O) groups excluding carboxylic acids is 2. The van der Waals surface area contributed by atoms with E-state index in [2.05, 4.69) is 19.2 Å². The highest BCUT2D eigenvalue weighted by Crippen LogP contribution is 2.16. The zero-order chi connectivity index (χ0) is 13.5. The van der Waals surface area contributed by atoms with Gasteiger partial charge in [0.25, 0.3) is 5.91 Å². The number of hydrogen-bond donors (Lipinski definition) is 2. The van der Waals surface area contributed by atoms with E-state index in [0.29, 0.717) is 31.8 Å². The van der Waals surface area contributed by atoms with Crippen LogP contribution in [0.25, 0.3) is 0 Å². The lowest BCUT2D eigenvalue weighted by atomic mass is 9.94. The predicted molar refractivity (Wildman–Crippen MR) is 68.7 cm³/mol. The fourth-order valence-electron chi connectivity index (χ4n) is 2.23. The number of nitrogens with one attached hydrogen (secondary N) is 1. The largest absolute Gasteiger partial charge is 0.452 e. The summed E-state index contributed by atoms with van der Waals surface area (Å²) in [4.78, 5) is 23.2. The van der Waals surface area contributed by atoms with Crippen molar-refractivity contribution in [3.05, 3.63) is 0 Å². The van der Waals surface area contributed by atoms with Crippen LogP contribution in [0.2, 0.25) is 0 Å². The summed E-state index contributed by atoms with van der Waals surface area (Å²) in [6, 6.07) is 0. The van der Waals surface area contributed by atoms with Crippen molar-refractivity contribution in [1.29, 1.82) is 0 Å². The van der Waals surface area contributed by atoms with E-state index in [1.165, 1.54) is 0 Å². The molecule has 0 unspecified atom stereocenters. The molecule has 1 aliphatic heterocycles. The minimum atomic E-state index is -0.608. The van der Waals surface area contributed by atoms with Gasteiger partial charge in [0.2, 0.25) is 0 Å². The molecular formula is C13H24N2O3. The molecule has 5 nitrogen and oxygen atoms in total. The Morgan fingerprint density at radius 2 is 2.28 bits per heavy atom. The molecule has 1 fully saturated rings. The standard InChI is InChI=1S/C13H24N2O3/c1-9(2)6-10(8-14)7-12(16)18-11-4-3-5-15-13(11)17/h9-11H,3-8,14H2,1-2H3,(H,15,17)/t10-,11-/m0/s1. The third kappa shape index (κ3) is 5.04. The molecule has 1 saturated heterocycles. The second-order valence-corrected chi connectivity index (χ2v) is 5.35. The topological polar surface area (TPSA) is 81.4 Å². The Balaban J connectivity index is 2.37. The van der Waals surface area contributed by atoms with E-state index < -0.39 is 6.10 Å². The Kier molecular flexibility index (Phi) is 6.12. The smallest absolute Gasteiger partial charge is 0.306 e. The Morgan fingerprint density at radius 3 is 2.83 bits per heavy atom. The van der Waals surface area contributed by atoms with Crippen molar-refractivity contribution >= 4 is 11.9 Å². The van der Waals surface area contributed by atoms with Crippen LogP contribution in [0.4, 0.5) is 0 Å². The summed E-state index contributed by atoms with van der Waals surface area (Å²) in [5.41, 5.74) is 5.64. The van der Waals surface area contributed by atoms with Gasteiger partial charge in [-0.05, 0) is 37.6 Å². The third-order valence-electron chi connectivity index (χ3n) is 3.10. The van der Waals surface area contributed by atoms with Crippen LogP contribution in [-0.2, 0) is 14.3 Å². The quantitative estimate of drug-likeness (QED) is 0.689. The van der Waals surface area contributed by atoms with Crippen LogP contribution in [0.5, 0.6) is 0 Å². The van der Waals surface area contributed by atoms with Crippen molar-refractivity contribution < 1.29 is 14.3 Å². The molecule has 0 aromatic carbocycles. The first-order valence-corrected chi connectivity index (χ1v) is 6.70. The highest BCUT2D eigenvalue weighted by molar-refractivity contribution is 5.84. The van der Waals surface area contributed by atoms with Crippen LogP contribution in [0, 0.1) is 11.8 Å². The van der Waals surface area contributed by atoms with E-state index in [9.17, 15) is 9.59 Å². The fourth-order valence-corrected chi connectivity index (χ4v) is 2.23. The predicted octanol–water partition coefficient (Wildman–Crippen LogP) is 0.819. The van der Waals surface area contributed by atoms with E-state index in [1.54, 1.807) is 0 Å². The molecule has 104 valence electrons. The first-order valence-electron chi connectivity index (χ1n) is 6.70. The molecule has 0 spiro atoms. The molecule has 0 radical (unpaired) electrons. The lowest BCUT2D eigenvalue weighted by Gasteiger charge is -2.23. The number of esters is 1. The summed E-state index contributed by atoms with van der Waals surface area (Å²) in [7, 11) is 0. The Bertz CT molecular complexity index is 292. The lowest BCUT2D eigenvalue weighted by Crippen LogP contribution is -2.42. The summed E-state index contributed by atoms with van der Waals surface area (Å²) in [6.45, 7) is 5.35. The number of carbonyl (C=O) groups is 2. The molecule has 0 saturated carbocycles. The van der Waals surface area contributed by atoms with Gasteiger partial charge < -0.3 is 15.8 Å². The van der Waals surface area contributed by atoms with E-state index in [4.69, 9.17) is 10.5 Å². The molecule has 2 atom stereocenters. The summed E-state index contributed by atoms with van der Waals surface area (Å²) >= 11 is 0. The Hall–Kier alpha value is -1.10. The molecule has 0 aromatic heterocycles. The average molecular weight is 256 g/mol. The van der Waals surface area contributed by atoms with Gasteiger partial charge in [-0.25, -0.2) is 0 Å². The maximum Gasteiger partial charge on any atom is 0.306 e. The van der Waals surface area contributed by atoms with Gasteiger partial charge in [-0.15, -0.1) is 0 Å². The van der Waals surface area contributed by atoms with Crippen molar-refractivity contribution in [2.24, 2.45) is 17.6 Å². The monoisotopic (exact) mass is 256 g/mol. The normalized spacial score (nSPS) is 21.6. The van der Waals surface area contributed by atoms with Gasteiger partial charge in [0.1, 0.15) is 0 Å². The maximum atomic E-state index is 11.7. The molecule has 3 N–H and O–H groups in total. The number of rotatable bonds is 6. The Morgan fingerprint density at radius 1 is 1.56 bits per heavy atom. The zero-order valence-corrected chi connectivity index (χ0v) is 11.3. The summed E-state index contributed by atoms with van der Waals surface area (Å²) in [5, 5.41) is 2.70. The van der Waals surface area contributed by atoms with Crippen LogP contribution in [0.15, 0.2) is 0 Å². The second-order valence-electron chi connectivity index (χ2n) is 5.35. The number of nitrogens with two attached hydrogens (primary N) is 1. The molecule has 1 aliphatic rings. The minimum Gasteiger partial charge on any atom is -0.452 e. The van der Waals surface area contributed by atoms with Gasteiger partial charge >= 0.3 is 5.97 Å². The first kappa shape index (κ1) is 15.0. The van der Waals surface area contributed by atoms with E-state index >= 15 is 0 Å². The molecule has 0 bridgehead atoms. The van der Waals surface area contributed by atoms with Crippen molar-refractivity contribution in [1.82, 2.24) is 5.32 Å². The summed E-state index contributed by atoms with van der Waals surface area (Å²) < 4.78 is 5.21. The molecule has 1 heterocycles. The number of hydrogen-bond acceptors (Lipinski definition) is 4.